The van der Waals surface area contributed by atoms with Crippen molar-refractivity contribution < 1.29 is 4.74 Å². The third kappa shape index (κ3) is 7.19. The highest BCUT2D eigenvalue weighted by molar-refractivity contribution is 14.0. The number of ether oxygens (including phenoxy) is 1. The summed E-state index contributed by atoms with van der Waals surface area (Å²) in [4.78, 5) is 7.44. The van der Waals surface area contributed by atoms with Crippen molar-refractivity contribution in [2.75, 3.05) is 39.8 Å². The van der Waals surface area contributed by atoms with Crippen LogP contribution in [0.2, 0.25) is 0 Å². The maximum absolute atomic E-state index is 5.65. The first-order chi connectivity index (χ1) is 15.3. The number of para-hydroxylation sites is 1. The van der Waals surface area contributed by atoms with Crippen LogP contribution in [0.25, 0.3) is 0 Å². The summed E-state index contributed by atoms with van der Waals surface area (Å²) >= 11 is 0. The van der Waals surface area contributed by atoms with Crippen LogP contribution in [0.15, 0.2) is 48.2 Å². The summed E-state index contributed by atoms with van der Waals surface area (Å²) in [6, 6.07) is 8.46. The van der Waals surface area contributed by atoms with Crippen molar-refractivity contribution in [2.24, 2.45) is 4.99 Å². The number of aromatic nitrogens is 3. The monoisotopic (exact) mass is 553 g/mol. The molecule has 0 aliphatic carbocycles. The molecule has 1 saturated heterocycles. The van der Waals surface area contributed by atoms with Crippen molar-refractivity contribution in [1.82, 2.24) is 30.3 Å². The van der Waals surface area contributed by atoms with Crippen molar-refractivity contribution in [3.63, 3.8) is 0 Å². The van der Waals surface area contributed by atoms with Crippen LogP contribution in [0.1, 0.15) is 37.2 Å². The number of nitrogens with one attached hydrogen (secondary N) is 2. The number of aliphatic imine (C=N–C) groups is 1. The van der Waals surface area contributed by atoms with Crippen molar-refractivity contribution in [3.8, 4) is 5.75 Å². The van der Waals surface area contributed by atoms with Crippen LogP contribution in [0.5, 0.6) is 5.75 Å². The largest absolute Gasteiger partial charge is 0.496 e. The van der Waals surface area contributed by atoms with Crippen molar-refractivity contribution >= 4 is 29.9 Å². The van der Waals surface area contributed by atoms with Gasteiger partial charge in [-0.15, -0.1) is 40.8 Å². The van der Waals surface area contributed by atoms with Crippen molar-refractivity contribution in [1.29, 1.82) is 0 Å². The number of hydrogen-bond acceptors (Lipinski definition) is 5. The van der Waals surface area contributed by atoms with Gasteiger partial charge in [0.2, 0.25) is 0 Å². The molecule has 1 fully saturated rings. The summed E-state index contributed by atoms with van der Waals surface area (Å²) in [5, 5.41) is 14.9. The van der Waals surface area contributed by atoms with Gasteiger partial charge in [-0.2, -0.15) is 0 Å². The zero-order valence-corrected chi connectivity index (χ0v) is 21.5. The second-order valence-electron chi connectivity index (χ2n) is 7.58. The Kier molecular flexibility index (Phi) is 11.5. The molecule has 0 radical (unpaired) electrons. The Bertz CT molecular complexity index is 848. The normalized spacial score (nSPS) is 15.1. The van der Waals surface area contributed by atoms with E-state index in [1.807, 2.05) is 18.2 Å². The average molecular weight is 553 g/mol. The van der Waals surface area contributed by atoms with E-state index >= 15 is 0 Å². The Hall–Kier alpha value is -2.14. The second kappa shape index (κ2) is 14.1. The maximum atomic E-state index is 5.65. The van der Waals surface area contributed by atoms with Gasteiger partial charge in [0.1, 0.15) is 17.9 Å². The molecule has 8 nitrogen and oxygen atoms in total. The molecule has 9 heteroatoms. The van der Waals surface area contributed by atoms with Gasteiger partial charge in [-0.1, -0.05) is 31.2 Å². The Labute approximate surface area is 208 Å². The molecule has 3 rings (SSSR count). The van der Waals surface area contributed by atoms with Gasteiger partial charge in [-0.05, 0) is 32.0 Å². The molecule has 2 aromatic rings. The molecular weight excluding hydrogens is 517 g/mol. The highest BCUT2D eigenvalue weighted by Crippen LogP contribution is 2.31. The van der Waals surface area contributed by atoms with Gasteiger partial charge in [0, 0.05) is 31.6 Å². The molecule has 176 valence electrons. The first-order valence-corrected chi connectivity index (χ1v) is 11.1. The van der Waals surface area contributed by atoms with Crippen LogP contribution in [0, 0.1) is 0 Å². The predicted octanol–water partition coefficient (Wildman–Crippen LogP) is 3.03. The number of halogens is 1. The Morgan fingerprint density at radius 2 is 2.06 bits per heavy atom. The molecule has 2 N–H and O–H groups in total. The minimum atomic E-state index is 0. The van der Waals surface area contributed by atoms with E-state index in [9.17, 15) is 0 Å². The molecule has 0 spiro atoms. The maximum Gasteiger partial charge on any atom is 0.191 e. The fourth-order valence-electron chi connectivity index (χ4n) is 3.96. The number of nitrogens with zero attached hydrogens (tertiary/aromatic N) is 5. The minimum Gasteiger partial charge on any atom is -0.496 e. The molecule has 2 heterocycles. The molecule has 1 unspecified atom stereocenters. The van der Waals surface area contributed by atoms with Gasteiger partial charge in [-0.3, -0.25) is 9.89 Å². The quantitative estimate of drug-likeness (QED) is 0.193. The number of rotatable bonds is 11. The number of aryl methyl sites for hydroxylation is 1. The molecule has 0 amide bonds. The van der Waals surface area contributed by atoms with E-state index in [4.69, 9.17) is 9.73 Å². The van der Waals surface area contributed by atoms with E-state index in [0.717, 1.165) is 50.1 Å². The molecular formula is C23H36IN7O. The third-order valence-corrected chi connectivity index (χ3v) is 5.57. The van der Waals surface area contributed by atoms with E-state index in [0.29, 0.717) is 13.1 Å². The fourth-order valence-corrected chi connectivity index (χ4v) is 3.96. The minimum absolute atomic E-state index is 0. The molecule has 0 saturated carbocycles. The predicted molar refractivity (Wildman–Crippen MR) is 140 cm³/mol. The van der Waals surface area contributed by atoms with Crippen molar-refractivity contribution in [2.45, 2.75) is 38.8 Å². The SMILES string of the molecule is C=CCNC(=NCC(c1ccccc1OC)N1CCCC1)NCCn1cnnc1CC.I. The summed E-state index contributed by atoms with van der Waals surface area (Å²) in [5.41, 5.74) is 1.19. The molecule has 0 bridgehead atoms. The summed E-state index contributed by atoms with van der Waals surface area (Å²) in [5.74, 6) is 2.69. The van der Waals surface area contributed by atoms with Crippen LogP contribution in [-0.4, -0.2) is 65.5 Å². The van der Waals surface area contributed by atoms with Crippen LogP contribution in [-0.2, 0) is 13.0 Å². The van der Waals surface area contributed by atoms with Gasteiger partial charge in [-0.25, -0.2) is 0 Å². The lowest BCUT2D eigenvalue weighted by Crippen LogP contribution is -2.40. The first-order valence-electron chi connectivity index (χ1n) is 11.1. The fraction of sp³-hybridized carbons (Fsp3) is 0.522. The van der Waals surface area contributed by atoms with Gasteiger partial charge in [0.15, 0.2) is 5.96 Å². The van der Waals surface area contributed by atoms with E-state index < -0.39 is 0 Å². The lowest BCUT2D eigenvalue weighted by Gasteiger charge is -2.28. The highest BCUT2D eigenvalue weighted by Gasteiger charge is 2.25. The molecule has 32 heavy (non-hydrogen) atoms. The average Bonchev–Trinajstić information content (AvgIpc) is 3.49. The smallest absolute Gasteiger partial charge is 0.191 e. The van der Waals surface area contributed by atoms with Crippen LogP contribution in [0.3, 0.4) is 0 Å². The lowest BCUT2D eigenvalue weighted by atomic mass is 10.0. The Morgan fingerprint density at radius 3 is 2.78 bits per heavy atom. The van der Waals surface area contributed by atoms with Crippen LogP contribution >= 0.6 is 24.0 Å². The molecule has 1 aliphatic rings. The van der Waals surface area contributed by atoms with Crippen LogP contribution in [0.4, 0.5) is 0 Å². The summed E-state index contributed by atoms with van der Waals surface area (Å²) < 4.78 is 7.72. The van der Waals surface area contributed by atoms with Gasteiger partial charge in [0.25, 0.3) is 0 Å². The Balaban J connectivity index is 0.00000363. The Morgan fingerprint density at radius 1 is 1.28 bits per heavy atom. The molecule has 1 aromatic carbocycles. The second-order valence-corrected chi connectivity index (χ2v) is 7.58. The summed E-state index contributed by atoms with van der Waals surface area (Å²) in [7, 11) is 1.73. The number of hydrogen-bond donors (Lipinski definition) is 2. The van der Waals surface area contributed by atoms with E-state index in [2.05, 4.69) is 55.9 Å². The third-order valence-electron chi connectivity index (χ3n) is 5.57. The number of likely N-dealkylation sites (tertiary alicyclic amines) is 1. The zero-order chi connectivity index (χ0) is 21.9. The van der Waals surface area contributed by atoms with E-state index in [-0.39, 0.29) is 30.0 Å². The zero-order valence-electron chi connectivity index (χ0n) is 19.2. The number of methoxy groups -OCH3 is 1. The van der Waals surface area contributed by atoms with Crippen molar-refractivity contribution in [3.05, 3.63) is 54.6 Å². The summed E-state index contributed by atoms with van der Waals surface area (Å²) in [6.07, 6.45) is 6.94. The topological polar surface area (TPSA) is 79.6 Å². The van der Waals surface area contributed by atoms with Gasteiger partial charge < -0.3 is 19.9 Å². The van der Waals surface area contributed by atoms with E-state index in [1.54, 1.807) is 13.4 Å². The van der Waals surface area contributed by atoms with Gasteiger partial charge in [0.05, 0.1) is 19.7 Å². The van der Waals surface area contributed by atoms with Crippen LogP contribution < -0.4 is 15.4 Å². The molecule has 1 atom stereocenters. The number of benzene rings is 1. The van der Waals surface area contributed by atoms with Gasteiger partial charge >= 0.3 is 0 Å². The standard InChI is InChI=1S/C23H35N7O.HI/c1-4-12-24-23(25-13-16-30-18-27-28-22(30)5-2)26-17-20(29-14-8-9-15-29)19-10-6-7-11-21(19)31-3;/h4,6-7,10-11,18,20H,1,5,8-9,12-17H2,2-3H3,(H2,24,25,26);1H. The molecule has 1 aliphatic heterocycles. The van der Waals surface area contributed by atoms with E-state index in [1.165, 1.54) is 18.4 Å². The summed E-state index contributed by atoms with van der Waals surface area (Å²) in [6.45, 7) is 10.9. The first kappa shape index (κ1) is 26.1. The highest BCUT2D eigenvalue weighted by atomic mass is 127. The number of guanidine groups is 1. The molecule has 1 aromatic heterocycles. The lowest BCUT2D eigenvalue weighted by molar-refractivity contribution is 0.245.